The number of aliphatic hydroxyl groups is 1. The first kappa shape index (κ1) is 21.3. The topological polar surface area (TPSA) is 76.8 Å². The summed E-state index contributed by atoms with van der Waals surface area (Å²) in [4.78, 5) is 13.2. The number of benzene rings is 2. The molecule has 0 spiro atoms. The van der Waals surface area contributed by atoms with Crippen LogP contribution >= 0.6 is 0 Å². The average Bonchev–Trinajstić information content (AvgIpc) is 2.77. The number of quaternary nitrogens is 2. The first-order valence-electron chi connectivity index (χ1n) is 10.3. The number of ether oxygens (including phenoxy) is 2. The molecule has 1 aliphatic rings. The number of hydrogen-bond donors (Lipinski definition) is 3. The molecule has 1 aliphatic heterocycles. The van der Waals surface area contributed by atoms with Crippen LogP contribution in [-0.2, 0) is 11.3 Å². The number of methoxy groups -OCH3 is 1. The standard InChI is InChI=1S/C23H30N2O4/c1-28-23(27)19-8-5-9-22(14-19)29-17-21(26)15-24-20-10-12-25(13-11-20)16-18-6-3-2-4-7-18/h2-9,14,20-21,24,26H,10-13,15-17H2,1H3/p+2/t21-/m1/s1. The zero-order valence-electron chi connectivity index (χ0n) is 17.0. The van der Waals surface area contributed by atoms with Crippen molar-refractivity contribution < 1.29 is 29.6 Å². The van der Waals surface area contributed by atoms with Gasteiger partial charge in [0.1, 0.15) is 31.5 Å². The molecule has 156 valence electrons. The van der Waals surface area contributed by atoms with Crippen LogP contribution in [0.3, 0.4) is 0 Å². The maximum atomic E-state index is 11.6. The molecule has 0 unspecified atom stereocenters. The van der Waals surface area contributed by atoms with Crippen molar-refractivity contribution in [2.24, 2.45) is 0 Å². The van der Waals surface area contributed by atoms with Gasteiger partial charge in [-0.15, -0.1) is 0 Å². The molecule has 4 N–H and O–H groups in total. The van der Waals surface area contributed by atoms with Crippen LogP contribution in [0.5, 0.6) is 5.75 Å². The molecular formula is C23H32N2O4+2. The van der Waals surface area contributed by atoms with Crippen LogP contribution in [-0.4, -0.2) is 56.6 Å². The number of piperidine rings is 1. The number of rotatable bonds is 9. The van der Waals surface area contributed by atoms with Crippen molar-refractivity contribution in [3.05, 3.63) is 65.7 Å². The highest BCUT2D eigenvalue weighted by Gasteiger charge is 2.25. The third-order valence-electron chi connectivity index (χ3n) is 5.47. The summed E-state index contributed by atoms with van der Waals surface area (Å²) in [6.07, 6.45) is 1.78. The fraction of sp³-hybridized carbons (Fsp3) is 0.435. The summed E-state index contributed by atoms with van der Waals surface area (Å²) >= 11 is 0. The summed E-state index contributed by atoms with van der Waals surface area (Å²) in [5, 5.41) is 12.5. The third kappa shape index (κ3) is 6.85. The van der Waals surface area contributed by atoms with Gasteiger partial charge in [0.2, 0.25) is 0 Å². The van der Waals surface area contributed by atoms with E-state index in [1.165, 1.54) is 25.8 Å². The molecule has 3 rings (SSSR count). The third-order valence-corrected chi connectivity index (χ3v) is 5.47. The molecular weight excluding hydrogens is 368 g/mol. The lowest BCUT2D eigenvalue weighted by atomic mass is 10.0. The smallest absolute Gasteiger partial charge is 0.337 e. The van der Waals surface area contributed by atoms with Crippen molar-refractivity contribution >= 4 is 5.97 Å². The Morgan fingerprint density at radius 3 is 2.66 bits per heavy atom. The molecule has 0 aliphatic carbocycles. The Balaban J connectivity index is 1.34. The Morgan fingerprint density at radius 1 is 1.17 bits per heavy atom. The van der Waals surface area contributed by atoms with Crippen LogP contribution in [0, 0.1) is 0 Å². The predicted octanol–water partition coefficient (Wildman–Crippen LogP) is 0.0238. The van der Waals surface area contributed by atoms with Crippen LogP contribution < -0.4 is 15.0 Å². The zero-order chi connectivity index (χ0) is 20.5. The number of likely N-dealkylation sites (tertiary alicyclic amines) is 1. The highest BCUT2D eigenvalue weighted by Crippen LogP contribution is 2.14. The fourth-order valence-corrected chi connectivity index (χ4v) is 3.79. The van der Waals surface area contributed by atoms with Gasteiger partial charge < -0.3 is 24.8 Å². The Morgan fingerprint density at radius 2 is 1.93 bits per heavy atom. The molecule has 0 amide bonds. The van der Waals surface area contributed by atoms with Gasteiger partial charge in [0.15, 0.2) is 0 Å². The van der Waals surface area contributed by atoms with E-state index in [4.69, 9.17) is 9.47 Å². The number of hydrogen-bond acceptors (Lipinski definition) is 4. The summed E-state index contributed by atoms with van der Waals surface area (Å²) in [5.41, 5.74) is 1.84. The molecule has 1 saturated heterocycles. The minimum Gasteiger partial charge on any atom is -0.491 e. The van der Waals surface area contributed by atoms with Gasteiger partial charge in [-0.1, -0.05) is 36.4 Å². The summed E-state index contributed by atoms with van der Waals surface area (Å²) in [7, 11) is 1.35. The molecule has 6 nitrogen and oxygen atoms in total. The quantitative estimate of drug-likeness (QED) is 0.519. The van der Waals surface area contributed by atoms with E-state index in [0.29, 0.717) is 23.9 Å². The summed E-state index contributed by atoms with van der Waals surface area (Å²) in [5.74, 6) is 0.162. The first-order valence-corrected chi connectivity index (χ1v) is 10.3. The molecule has 0 bridgehead atoms. The number of carbonyl (C=O) groups excluding carboxylic acids is 1. The van der Waals surface area contributed by atoms with E-state index in [0.717, 1.165) is 19.4 Å². The van der Waals surface area contributed by atoms with Gasteiger partial charge in [0, 0.05) is 18.4 Å². The Bertz CT molecular complexity index is 760. The molecule has 2 aromatic carbocycles. The molecule has 0 saturated carbocycles. The first-order chi connectivity index (χ1) is 14.1. The van der Waals surface area contributed by atoms with Crippen LogP contribution in [0.4, 0.5) is 0 Å². The van der Waals surface area contributed by atoms with Crippen molar-refractivity contribution in [1.82, 2.24) is 0 Å². The number of carbonyl (C=O) groups is 1. The van der Waals surface area contributed by atoms with E-state index >= 15 is 0 Å². The molecule has 0 aromatic heterocycles. The highest BCUT2D eigenvalue weighted by atomic mass is 16.5. The second-order valence-electron chi connectivity index (χ2n) is 7.71. The summed E-state index contributed by atoms with van der Waals surface area (Å²) in [6.45, 7) is 4.26. The second kappa shape index (κ2) is 11.0. The number of aliphatic hydroxyl groups excluding tert-OH is 1. The molecule has 0 radical (unpaired) electrons. The van der Waals surface area contributed by atoms with Gasteiger partial charge in [-0.3, -0.25) is 0 Å². The van der Waals surface area contributed by atoms with Gasteiger partial charge in [0.25, 0.3) is 0 Å². The lowest BCUT2D eigenvalue weighted by Gasteiger charge is -2.28. The lowest BCUT2D eigenvalue weighted by Crippen LogP contribution is -3.13. The predicted molar refractivity (Wildman–Crippen MR) is 110 cm³/mol. The molecule has 1 heterocycles. The van der Waals surface area contributed by atoms with Crippen LogP contribution in [0.1, 0.15) is 28.8 Å². The molecule has 6 heteroatoms. The second-order valence-corrected chi connectivity index (χ2v) is 7.71. The minimum absolute atomic E-state index is 0.208. The van der Waals surface area contributed by atoms with E-state index in [9.17, 15) is 9.90 Å². The maximum Gasteiger partial charge on any atom is 0.337 e. The fourth-order valence-electron chi connectivity index (χ4n) is 3.79. The Hall–Kier alpha value is -2.41. The van der Waals surface area contributed by atoms with Gasteiger partial charge in [-0.25, -0.2) is 4.79 Å². The van der Waals surface area contributed by atoms with Gasteiger partial charge >= 0.3 is 5.97 Å². The average molecular weight is 401 g/mol. The largest absolute Gasteiger partial charge is 0.491 e. The van der Waals surface area contributed by atoms with Crippen molar-refractivity contribution in [3.8, 4) is 5.75 Å². The lowest BCUT2D eigenvalue weighted by molar-refractivity contribution is -0.926. The number of esters is 1. The van der Waals surface area contributed by atoms with Crippen molar-refractivity contribution in [2.75, 3.05) is 33.4 Å². The normalized spacial score (nSPS) is 20.1. The van der Waals surface area contributed by atoms with Crippen LogP contribution in [0.25, 0.3) is 0 Å². The molecule has 2 aromatic rings. The van der Waals surface area contributed by atoms with E-state index in [2.05, 4.69) is 35.6 Å². The molecule has 1 fully saturated rings. The highest BCUT2D eigenvalue weighted by molar-refractivity contribution is 5.89. The zero-order valence-corrected chi connectivity index (χ0v) is 17.0. The van der Waals surface area contributed by atoms with Crippen molar-refractivity contribution in [1.29, 1.82) is 0 Å². The summed E-state index contributed by atoms with van der Waals surface area (Å²) in [6, 6.07) is 18.0. The van der Waals surface area contributed by atoms with Gasteiger partial charge in [0.05, 0.1) is 31.8 Å². The van der Waals surface area contributed by atoms with E-state index in [-0.39, 0.29) is 6.61 Å². The SMILES string of the molecule is COC(=O)c1cccc(OC[C@H](O)C[NH2+]C2CC[NH+](Cc3ccccc3)CC2)c1. The minimum atomic E-state index is -0.550. The summed E-state index contributed by atoms with van der Waals surface area (Å²) < 4.78 is 10.4. The number of nitrogens with one attached hydrogen (secondary N) is 1. The van der Waals surface area contributed by atoms with E-state index in [1.54, 1.807) is 29.2 Å². The van der Waals surface area contributed by atoms with E-state index in [1.807, 2.05) is 0 Å². The van der Waals surface area contributed by atoms with Gasteiger partial charge in [-0.2, -0.15) is 0 Å². The van der Waals surface area contributed by atoms with Crippen molar-refractivity contribution in [3.63, 3.8) is 0 Å². The molecule has 29 heavy (non-hydrogen) atoms. The number of nitrogens with two attached hydrogens (primary N) is 1. The maximum absolute atomic E-state index is 11.6. The Labute approximate surface area is 172 Å². The monoisotopic (exact) mass is 400 g/mol. The molecule has 1 atom stereocenters. The van der Waals surface area contributed by atoms with Crippen LogP contribution in [0.2, 0.25) is 0 Å². The van der Waals surface area contributed by atoms with Gasteiger partial charge in [-0.05, 0) is 18.2 Å². The Kier molecular flexibility index (Phi) is 8.04. The van der Waals surface area contributed by atoms with Crippen molar-refractivity contribution in [2.45, 2.75) is 31.5 Å². The van der Waals surface area contributed by atoms with E-state index < -0.39 is 12.1 Å². The van der Waals surface area contributed by atoms with Crippen LogP contribution in [0.15, 0.2) is 54.6 Å².